The summed E-state index contributed by atoms with van der Waals surface area (Å²) in [4.78, 5) is 21.9. The van der Waals surface area contributed by atoms with Crippen LogP contribution in [0.2, 0.25) is 0 Å². The molecule has 2 aliphatic carbocycles. The van der Waals surface area contributed by atoms with Gasteiger partial charge in [0, 0.05) is 30.8 Å². The highest BCUT2D eigenvalue weighted by Crippen LogP contribution is 2.44. The van der Waals surface area contributed by atoms with E-state index in [0.29, 0.717) is 12.8 Å². The van der Waals surface area contributed by atoms with Gasteiger partial charge in [0.15, 0.2) is 5.65 Å². The van der Waals surface area contributed by atoms with Gasteiger partial charge in [-0.05, 0) is 58.8 Å². The minimum absolute atomic E-state index is 0.107. The molecule has 1 spiro atoms. The van der Waals surface area contributed by atoms with E-state index in [9.17, 15) is 9.90 Å². The molecule has 2 aromatic rings. The van der Waals surface area contributed by atoms with Gasteiger partial charge in [0.25, 0.3) is 0 Å². The summed E-state index contributed by atoms with van der Waals surface area (Å²) in [7, 11) is 0. The number of oxime groups is 1. The van der Waals surface area contributed by atoms with E-state index in [1.165, 1.54) is 6.42 Å². The van der Waals surface area contributed by atoms with Gasteiger partial charge in [-0.2, -0.15) is 5.10 Å². The first-order valence-corrected chi connectivity index (χ1v) is 11.1. The first kappa shape index (κ1) is 19.3. The molecule has 5 rings (SSSR count). The van der Waals surface area contributed by atoms with E-state index in [1.807, 2.05) is 17.8 Å². The third-order valence-corrected chi connectivity index (χ3v) is 7.08. The Bertz CT molecular complexity index is 1020. The van der Waals surface area contributed by atoms with Gasteiger partial charge in [0.1, 0.15) is 5.60 Å². The maximum absolute atomic E-state index is 11.3. The van der Waals surface area contributed by atoms with Gasteiger partial charge >= 0.3 is 5.97 Å². The number of hydrogen-bond acceptors (Lipinski definition) is 6. The number of aromatic nitrogens is 3. The van der Waals surface area contributed by atoms with Crippen LogP contribution in [-0.2, 0) is 16.2 Å². The second-order valence-corrected chi connectivity index (χ2v) is 9.02. The lowest BCUT2D eigenvalue weighted by Crippen LogP contribution is -2.37. The van der Waals surface area contributed by atoms with Crippen LogP contribution >= 0.6 is 0 Å². The Morgan fingerprint density at radius 3 is 2.70 bits per heavy atom. The molecule has 8 heteroatoms. The normalized spacial score (nSPS) is 25.1. The first-order valence-electron chi connectivity index (χ1n) is 11.1. The Morgan fingerprint density at radius 1 is 1.33 bits per heavy atom. The Balaban J connectivity index is 1.50. The number of pyridine rings is 1. The van der Waals surface area contributed by atoms with Crippen molar-refractivity contribution in [2.45, 2.75) is 83.4 Å². The van der Waals surface area contributed by atoms with Crippen LogP contribution in [0.4, 0.5) is 5.69 Å². The highest BCUT2D eigenvalue weighted by atomic mass is 16.7. The summed E-state index contributed by atoms with van der Waals surface area (Å²) >= 11 is 0. The molecule has 0 atom stereocenters. The van der Waals surface area contributed by atoms with Crippen LogP contribution in [0.5, 0.6) is 0 Å². The SMILES string of the molecule is CCn1nc(C)c2c(NC3CCC(C(=O)O)CC3)c(C3=NOC4(CCC4)C3)cnc21. The van der Waals surface area contributed by atoms with Crippen LogP contribution in [0, 0.1) is 12.8 Å². The fourth-order valence-electron chi connectivity index (χ4n) is 5.10. The molecule has 0 radical (unpaired) electrons. The molecule has 0 aromatic carbocycles. The molecule has 0 saturated heterocycles. The van der Waals surface area contributed by atoms with Crippen LogP contribution in [0.25, 0.3) is 11.0 Å². The number of aryl methyl sites for hydroxylation is 2. The van der Waals surface area contributed by atoms with Crippen molar-refractivity contribution in [1.82, 2.24) is 14.8 Å². The van der Waals surface area contributed by atoms with Crippen molar-refractivity contribution in [2.75, 3.05) is 5.32 Å². The molecule has 2 saturated carbocycles. The van der Waals surface area contributed by atoms with E-state index in [-0.39, 0.29) is 17.6 Å². The molecule has 3 aliphatic rings. The lowest BCUT2D eigenvalue weighted by atomic mass is 9.76. The average Bonchev–Trinajstić information content (AvgIpc) is 3.31. The molecular weight excluding hydrogens is 382 g/mol. The predicted octanol–water partition coefficient (Wildman–Crippen LogP) is 3.86. The molecule has 0 bridgehead atoms. The van der Waals surface area contributed by atoms with Gasteiger partial charge < -0.3 is 15.3 Å². The van der Waals surface area contributed by atoms with Gasteiger partial charge in [0.05, 0.1) is 28.4 Å². The highest BCUT2D eigenvalue weighted by Gasteiger charge is 2.45. The van der Waals surface area contributed by atoms with Gasteiger partial charge in [0.2, 0.25) is 0 Å². The topological polar surface area (TPSA) is 102 Å². The monoisotopic (exact) mass is 411 g/mol. The Morgan fingerprint density at radius 2 is 2.10 bits per heavy atom. The second kappa shape index (κ2) is 7.25. The molecular formula is C22H29N5O3. The standard InChI is InChI=1S/C22H29N5O3/c1-3-27-20-18(13(2)25-27)19(24-15-7-5-14(6-8-15)21(28)29)16(12-23-20)17-11-22(30-26-17)9-4-10-22/h12,14-15H,3-11H2,1-2H3,(H,23,24)(H,28,29). The molecule has 0 amide bonds. The fourth-order valence-corrected chi connectivity index (χ4v) is 5.10. The van der Waals surface area contributed by atoms with Crippen molar-refractivity contribution >= 4 is 28.4 Å². The van der Waals surface area contributed by atoms with Crippen LogP contribution in [-0.4, -0.2) is 43.2 Å². The summed E-state index contributed by atoms with van der Waals surface area (Å²) in [5.41, 5.74) is 4.68. The molecule has 3 heterocycles. The molecule has 2 N–H and O–H groups in total. The van der Waals surface area contributed by atoms with Gasteiger partial charge in [-0.3, -0.25) is 4.79 Å². The summed E-state index contributed by atoms with van der Waals surface area (Å²) in [6.45, 7) is 4.84. The second-order valence-electron chi connectivity index (χ2n) is 9.02. The summed E-state index contributed by atoms with van der Waals surface area (Å²) in [6.07, 6.45) is 9.13. The zero-order valence-corrected chi connectivity index (χ0v) is 17.6. The van der Waals surface area contributed by atoms with Crippen molar-refractivity contribution in [3.63, 3.8) is 0 Å². The molecule has 160 valence electrons. The fraction of sp³-hybridized carbons (Fsp3) is 0.636. The van der Waals surface area contributed by atoms with Crippen LogP contribution in [0.15, 0.2) is 11.4 Å². The number of carboxylic acids is 1. The summed E-state index contributed by atoms with van der Waals surface area (Å²) in [5, 5.41) is 23.3. The van der Waals surface area contributed by atoms with Crippen LogP contribution in [0.1, 0.15) is 69.5 Å². The lowest BCUT2D eigenvalue weighted by Gasteiger charge is -2.34. The Labute approximate surface area is 175 Å². The number of aliphatic carboxylic acids is 1. The number of nitrogens with one attached hydrogen (secondary N) is 1. The Hall–Kier alpha value is -2.64. The molecule has 8 nitrogen and oxygen atoms in total. The molecule has 1 aliphatic heterocycles. The molecule has 0 unspecified atom stereocenters. The number of carboxylic acid groups (broad SMARTS) is 1. The van der Waals surface area contributed by atoms with Crippen molar-refractivity contribution in [1.29, 1.82) is 0 Å². The first-order chi connectivity index (χ1) is 14.5. The zero-order chi connectivity index (χ0) is 20.9. The van der Waals surface area contributed by atoms with Gasteiger partial charge in [-0.25, -0.2) is 9.67 Å². The number of carbonyl (C=O) groups is 1. The minimum Gasteiger partial charge on any atom is -0.481 e. The van der Waals surface area contributed by atoms with Gasteiger partial charge in [-0.1, -0.05) is 5.16 Å². The third kappa shape index (κ3) is 3.13. The maximum Gasteiger partial charge on any atom is 0.306 e. The summed E-state index contributed by atoms with van der Waals surface area (Å²) in [6, 6.07) is 0.231. The maximum atomic E-state index is 11.3. The molecule has 2 fully saturated rings. The lowest BCUT2D eigenvalue weighted by molar-refractivity contribution is -0.142. The van der Waals surface area contributed by atoms with E-state index in [1.54, 1.807) is 0 Å². The van der Waals surface area contributed by atoms with Crippen molar-refractivity contribution < 1.29 is 14.7 Å². The van der Waals surface area contributed by atoms with E-state index >= 15 is 0 Å². The average molecular weight is 412 g/mol. The highest BCUT2D eigenvalue weighted by molar-refractivity contribution is 6.11. The van der Waals surface area contributed by atoms with Gasteiger partial charge in [-0.15, -0.1) is 0 Å². The van der Waals surface area contributed by atoms with E-state index in [2.05, 4.69) is 22.5 Å². The van der Waals surface area contributed by atoms with Crippen molar-refractivity contribution in [3.8, 4) is 0 Å². The molecule has 30 heavy (non-hydrogen) atoms. The number of hydrogen-bond donors (Lipinski definition) is 2. The smallest absolute Gasteiger partial charge is 0.306 e. The number of anilines is 1. The van der Waals surface area contributed by atoms with Crippen molar-refractivity contribution in [3.05, 3.63) is 17.5 Å². The summed E-state index contributed by atoms with van der Waals surface area (Å²) < 4.78 is 1.93. The number of nitrogens with zero attached hydrogens (tertiary/aromatic N) is 4. The Kier molecular flexibility index (Phi) is 4.67. The summed E-state index contributed by atoms with van der Waals surface area (Å²) in [5.74, 6) is -0.903. The largest absolute Gasteiger partial charge is 0.481 e. The quantitative estimate of drug-likeness (QED) is 0.775. The minimum atomic E-state index is -0.677. The van der Waals surface area contributed by atoms with E-state index in [0.717, 1.165) is 72.3 Å². The predicted molar refractivity (Wildman–Crippen MR) is 114 cm³/mol. The van der Waals surface area contributed by atoms with Crippen molar-refractivity contribution in [2.24, 2.45) is 11.1 Å². The number of rotatable bonds is 5. The van der Waals surface area contributed by atoms with Crippen LogP contribution in [0.3, 0.4) is 0 Å². The molecule has 2 aromatic heterocycles. The van der Waals surface area contributed by atoms with E-state index in [4.69, 9.17) is 9.82 Å². The van der Waals surface area contributed by atoms with Crippen LogP contribution < -0.4 is 5.32 Å². The third-order valence-electron chi connectivity index (χ3n) is 7.08. The zero-order valence-electron chi connectivity index (χ0n) is 17.6. The van der Waals surface area contributed by atoms with E-state index < -0.39 is 5.97 Å². The number of fused-ring (bicyclic) bond motifs is 1.